The van der Waals surface area contributed by atoms with Crippen molar-refractivity contribution in [2.75, 3.05) is 24.2 Å². The fourth-order valence-corrected chi connectivity index (χ4v) is 4.19. The molecular weight excluding hydrogens is 326 g/mol. The Labute approximate surface area is 133 Å². The maximum absolute atomic E-state index is 12.1. The van der Waals surface area contributed by atoms with Crippen molar-refractivity contribution in [3.63, 3.8) is 0 Å². The molecule has 22 heavy (non-hydrogen) atoms. The van der Waals surface area contributed by atoms with Gasteiger partial charge in [-0.15, -0.1) is 11.3 Å². The van der Waals surface area contributed by atoms with Crippen LogP contribution in [-0.2, 0) is 14.3 Å². The Bertz CT molecular complexity index is 646. The van der Waals surface area contributed by atoms with Crippen LogP contribution in [0.1, 0.15) is 36.2 Å². The summed E-state index contributed by atoms with van der Waals surface area (Å²) in [6.45, 7) is 0.953. The minimum Gasteiger partial charge on any atom is -0.348 e. The molecule has 7 nitrogen and oxygen atoms in total. The summed E-state index contributed by atoms with van der Waals surface area (Å²) in [5.41, 5.74) is 0.430. The minimum atomic E-state index is -3.42. The van der Waals surface area contributed by atoms with Gasteiger partial charge < -0.3 is 10.2 Å². The summed E-state index contributed by atoms with van der Waals surface area (Å²) in [5, 5.41) is 5.47. The zero-order chi connectivity index (χ0) is 15.7. The Balaban J connectivity index is 1.52. The number of anilines is 1. The molecule has 2 aliphatic rings. The molecule has 0 unspecified atom stereocenters. The van der Waals surface area contributed by atoms with Crippen molar-refractivity contribution in [3.05, 3.63) is 11.1 Å². The van der Waals surface area contributed by atoms with Gasteiger partial charge in [0.2, 0.25) is 0 Å². The quantitative estimate of drug-likeness (QED) is 0.800. The van der Waals surface area contributed by atoms with Crippen molar-refractivity contribution in [3.8, 4) is 0 Å². The van der Waals surface area contributed by atoms with Crippen LogP contribution < -0.4 is 10.2 Å². The average molecular weight is 345 g/mol. The second-order valence-electron chi connectivity index (χ2n) is 5.80. The van der Waals surface area contributed by atoms with Crippen molar-refractivity contribution in [1.82, 2.24) is 10.3 Å². The van der Waals surface area contributed by atoms with Crippen LogP contribution in [0, 0.1) is 0 Å². The van der Waals surface area contributed by atoms with E-state index in [1.807, 2.05) is 4.90 Å². The molecule has 3 rings (SSSR count). The lowest BCUT2D eigenvalue weighted by Gasteiger charge is -2.37. The van der Waals surface area contributed by atoms with Crippen LogP contribution in [0.4, 0.5) is 5.13 Å². The Kier molecular flexibility index (Phi) is 4.37. The van der Waals surface area contributed by atoms with Crippen LogP contribution >= 0.6 is 11.3 Å². The summed E-state index contributed by atoms with van der Waals surface area (Å²) in [4.78, 5) is 18.3. The molecule has 0 spiro atoms. The standard InChI is InChI=1S/C13H19N3O4S2/c1-22(18,19)20-10-6-16(7-10)13-15-11(8-21-13)12(17)14-9-4-2-3-5-9/h8-10H,2-7H2,1H3,(H,14,17). The Morgan fingerprint density at radius 1 is 1.41 bits per heavy atom. The van der Waals surface area contributed by atoms with Gasteiger partial charge in [0.1, 0.15) is 11.8 Å². The fraction of sp³-hybridized carbons (Fsp3) is 0.692. The molecular formula is C13H19N3O4S2. The van der Waals surface area contributed by atoms with Gasteiger partial charge >= 0.3 is 0 Å². The summed E-state index contributed by atoms with van der Waals surface area (Å²) < 4.78 is 27.0. The van der Waals surface area contributed by atoms with Crippen molar-refractivity contribution in [1.29, 1.82) is 0 Å². The summed E-state index contributed by atoms with van der Waals surface area (Å²) >= 11 is 1.39. The molecule has 2 heterocycles. The Morgan fingerprint density at radius 2 is 2.09 bits per heavy atom. The van der Waals surface area contributed by atoms with E-state index >= 15 is 0 Å². The van der Waals surface area contributed by atoms with Crippen LogP contribution in [0.3, 0.4) is 0 Å². The van der Waals surface area contributed by atoms with E-state index < -0.39 is 10.1 Å². The first-order chi connectivity index (χ1) is 10.4. The normalized spacial score (nSPS) is 20.1. The third-order valence-corrected chi connectivity index (χ3v) is 5.37. The van der Waals surface area contributed by atoms with Crippen molar-refractivity contribution in [2.45, 2.75) is 37.8 Å². The Hall–Kier alpha value is -1.19. The van der Waals surface area contributed by atoms with Crippen molar-refractivity contribution in [2.24, 2.45) is 0 Å². The van der Waals surface area contributed by atoms with Gasteiger partial charge in [0.15, 0.2) is 5.13 Å². The molecule has 1 aliphatic heterocycles. The summed E-state index contributed by atoms with van der Waals surface area (Å²) in [5.74, 6) is -0.126. The van der Waals surface area contributed by atoms with E-state index in [9.17, 15) is 13.2 Å². The van der Waals surface area contributed by atoms with Gasteiger partial charge in [-0.2, -0.15) is 8.42 Å². The average Bonchev–Trinajstić information content (AvgIpc) is 3.02. The topological polar surface area (TPSA) is 88.6 Å². The third-order valence-electron chi connectivity index (χ3n) is 3.84. The predicted octanol–water partition coefficient (Wildman–Crippen LogP) is 0.980. The van der Waals surface area contributed by atoms with Crippen LogP contribution in [0.25, 0.3) is 0 Å². The van der Waals surface area contributed by atoms with Crippen molar-refractivity contribution >= 4 is 32.5 Å². The molecule has 1 aromatic heterocycles. The monoisotopic (exact) mass is 345 g/mol. The number of rotatable bonds is 5. The molecule has 0 atom stereocenters. The zero-order valence-corrected chi connectivity index (χ0v) is 14.0. The lowest BCUT2D eigenvalue weighted by Crippen LogP contribution is -2.53. The predicted molar refractivity (Wildman–Crippen MR) is 83.8 cm³/mol. The maximum atomic E-state index is 12.1. The van der Waals surface area contributed by atoms with Gasteiger partial charge in [0.05, 0.1) is 6.26 Å². The molecule has 1 saturated carbocycles. The molecule has 2 fully saturated rings. The smallest absolute Gasteiger partial charge is 0.271 e. The molecule has 9 heteroatoms. The highest BCUT2D eigenvalue weighted by molar-refractivity contribution is 7.86. The molecule has 1 aromatic rings. The molecule has 0 bridgehead atoms. The molecule has 1 amide bonds. The number of nitrogens with zero attached hydrogens (tertiary/aromatic N) is 2. The van der Waals surface area contributed by atoms with Crippen LogP contribution in [0.15, 0.2) is 5.38 Å². The minimum absolute atomic E-state index is 0.126. The Morgan fingerprint density at radius 3 is 2.73 bits per heavy atom. The second kappa shape index (κ2) is 6.13. The maximum Gasteiger partial charge on any atom is 0.271 e. The SMILES string of the molecule is CS(=O)(=O)OC1CN(c2nc(C(=O)NC3CCCC3)cs2)C1. The number of aromatic nitrogens is 1. The van der Waals surface area contributed by atoms with E-state index in [4.69, 9.17) is 4.18 Å². The van der Waals surface area contributed by atoms with E-state index in [1.54, 1.807) is 5.38 Å². The van der Waals surface area contributed by atoms with Crippen molar-refractivity contribution < 1.29 is 17.4 Å². The highest BCUT2D eigenvalue weighted by atomic mass is 32.2. The number of carbonyl (C=O) groups is 1. The van der Waals surface area contributed by atoms with Crippen LogP contribution in [0.5, 0.6) is 0 Å². The van der Waals surface area contributed by atoms with Gasteiger partial charge in [-0.05, 0) is 12.8 Å². The van der Waals surface area contributed by atoms with Crippen LogP contribution in [0.2, 0.25) is 0 Å². The molecule has 1 aliphatic carbocycles. The molecule has 0 radical (unpaired) electrons. The van der Waals surface area contributed by atoms with E-state index in [0.717, 1.165) is 24.2 Å². The second-order valence-corrected chi connectivity index (χ2v) is 8.23. The first-order valence-corrected chi connectivity index (χ1v) is 10.00. The number of hydrogen-bond acceptors (Lipinski definition) is 7. The molecule has 1 saturated heterocycles. The number of thiazole rings is 1. The summed E-state index contributed by atoms with van der Waals surface area (Å²) in [7, 11) is -3.42. The first kappa shape index (κ1) is 15.7. The highest BCUT2D eigenvalue weighted by Gasteiger charge is 2.32. The van der Waals surface area contributed by atoms with E-state index in [0.29, 0.717) is 18.8 Å². The summed E-state index contributed by atoms with van der Waals surface area (Å²) in [6, 6.07) is 0.272. The highest BCUT2D eigenvalue weighted by Crippen LogP contribution is 2.27. The van der Waals surface area contributed by atoms with Gasteiger partial charge in [-0.25, -0.2) is 4.98 Å². The largest absolute Gasteiger partial charge is 0.348 e. The lowest BCUT2D eigenvalue weighted by molar-refractivity contribution is 0.0933. The van der Waals surface area contributed by atoms with E-state index in [-0.39, 0.29) is 18.1 Å². The molecule has 0 aromatic carbocycles. The van der Waals surface area contributed by atoms with E-state index in [1.165, 1.54) is 24.2 Å². The molecule has 122 valence electrons. The van der Waals surface area contributed by atoms with Crippen LogP contribution in [-0.4, -0.2) is 50.8 Å². The molecule has 1 N–H and O–H groups in total. The number of hydrogen-bond donors (Lipinski definition) is 1. The van der Waals surface area contributed by atoms with Gasteiger partial charge in [0.25, 0.3) is 16.0 Å². The van der Waals surface area contributed by atoms with E-state index in [2.05, 4.69) is 10.3 Å². The first-order valence-electron chi connectivity index (χ1n) is 7.30. The zero-order valence-electron chi connectivity index (χ0n) is 12.3. The summed E-state index contributed by atoms with van der Waals surface area (Å²) in [6.07, 6.45) is 5.14. The van der Waals surface area contributed by atoms with Gasteiger partial charge in [-0.1, -0.05) is 12.8 Å². The van der Waals surface area contributed by atoms with Gasteiger partial charge in [-0.3, -0.25) is 8.98 Å². The van der Waals surface area contributed by atoms with Gasteiger partial charge in [0, 0.05) is 24.5 Å². The number of nitrogens with one attached hydrogen (secondary N) is 1. The number of carbonyl (C=O) groups excluding carboxylic acids is 1. The number of amides is 1. The lowest BCUT2D eigenvalue weighted by atomic mass is 10.2. The fourth-order valence-electron chi connectivity index (χ4n) is 2.75. The third kappa shape index (κ3) is 3.76.